The van der Waals surface area contributed by atoms with E-state index in [0.29, 0.717) is 5.69 Å². The minimum Gasteiger partial charge on any atom is -0.456 e. The molecule has 0 saturated heterocycles. The van der Waals surface area contributed by atoms with Gasteiger partial charge in [-0.25, -0.2) is 14.5 Å². The fourth-order valence-corrected chi connectivity index (χ4v) is 3.88. The van der Waals surface area contributed by atoms with Gasteiger partial charge in [-0.05, 0) is 32.1 Å². The first-order valence-electron chi connectivity index (χ1n) is 9.41. The molecule has 0 fully saturated rings. The summed E-state index contributed by atoms with van der Waals surface area (Å²) in [6.45, 7) is 4.03. The summed E-state index contributed by atoms with van der Waals surface area (Å²) in [7, 11) is 1.86. The first-order valence-corrected chi connectivity index (χ1v) is 10.3. The van der Waals surface area contributed by atoms with Crippen LogP contribution in [0.4, 0.5) is 0 Å². The predicted molar refractivity (Wildman–Crippen MR) is 116 cm³/mol. The number of rotatable bonds is 6. The van der Waals surface area contributed by atoms with Crippen molar-refractivity contribution in [2.45, 2.75) is 20.5 Å². The van der Waals surface area contributed by atoms with Crippen LogP contribution in [-0.2, 0) is 23.2 Å². The zero-order chi connectivity index (χ0) is 21.1. The first-order chi connectivity index (χ1) is 14.5. The Balaban J connectivity index is 1.40. The molecule has 152 valence electrons. The van der Waals surface area contributed by atoms with Crippen molar-refractivity contribution in [3.05, 3.63) is 76.8 Å². The van der Waals surface area contributed by atoms with Crippen molar-refractivity contribution in [3.63, 3.8) is 0 Å². The molecule has 4 aromatic rings. The fraction of sp³-hybridized carbons (Fsp3) is 0.182. The van der Waals surface area contributed by atoms with Crippen LogP contribution in [-0.4, -0.2) is 30.5 Å². The number of benzene rings is 1. The van der Waals surface area contributed by atoms with E-state index in [1.54, 1.807) is 17.0 Å². The highest BCUT2D eigenvalue weighted by molar-refractivity contribution is 7.13. The molecule has 0 aliphatic carbocycles. The second kappa shape index (κ2) is 8.46. The molecule has 0 bridgehead atoms. The molecule has 0 amide bonds. The van der Waals surface area contributed by atoms with Crippen molar-refractivity contribution in [1.29, 1.82) is 0 Å². The van der Waals surface area contributed by atoms with Crippen molar-refractivity contribution >= 4 is 23.4 Å². The van der Waals surface area contributed by atoms with Crippen LogP contribution < -0.4 is 0 Å². The number of aromatic nitrogens is 5. The number of esters is 1. The highest BCUT2D eigenvalue weighted by Gasteiger charge is 2.12. The van der Waals surface area contributed by atoms with E-state index < -0.39 is 5.97 Å². The average Bonchev–Trinajstić information content (AvgIpc) is 3.45. The smallest absolute Gasteiger partial charge is 0.331 e. The van der Waals surface area contributed by atoms with E-state index >= 15 is 0 Å². The Labute approximate surface area is 178 Å². The number of hydrogen-bond donors (Lipinski definition) is 0. The highest BCUT2D eigenvalue weighted by Crippen LogP contribution is 2.23. The number of ether oxygens (including phenoxy) is 1. The van der Waals surface area contributed by atoms with Gasteiger partial charge >= 0.3 is 5.97 Å². The van der Waals surface area contributed by atoms with Crippen molar-refractivity contribution < 1.29 is 9.53 Å². The Kier molecular flexibility index (Phi) is 5.58. The molecule has 4 rings (SSSR count). The number of nitrogens with zero attached hydrogens (tertiary/aromatic N) is 5. The number of para-hydroxylation sites is 1. The van der Waals surface area contributed by atoms with Gasteiger partial charge in [0.2, 0.25) is 0 Å². The number of thiazole rings is 1. The van der Waals surface area contributed by atoms with Crippen molar-refractivity contribution in [2.75, 3.05) is 0 Å². The van der Waals surface area contributed by atoms with Gasteiger partial charge in [-0.15, -0.1) is 11.3 Å². The van der Waals surface area contributed by atoms with Gasteiger partial charge in [0, 0.05) is 41.5 Å². The van der Waals surface area contributed by atoms with Crippen molar-refractivity contribution in [2.24, 2.45) is 7.05 Å². The maximum atomic E-state index is 12.2. The van der Waals surface area contributed by atoms with Gasteiger partial charge in [0.05, 0.1) is 23.3 Å². The van der Waals surface area contributed by atoms with Gasteiger partial charge in [-0.1, -0.05) is 18.2 Å². The van der Waals surface area contributed by atoms with Gasteiger partial charge < -0.3 is 4.74 Å². The molecule has 0 saturated carbocycles. The highest BCUT2D eigenvalue weighted by atomic mass is 32.1. The molecule has 0 spiro atoms. The molecule has 1 aromatic carbocycles. The molecule has 0 aliphatic rings. The third-order valence-electron chi connectivity index (χ3n) is 4.60. The predicted octanol–water partition coefficient (Wildman–Crippen LogP) is 4.10. The molecule has 3 heterocycles. The standard InChI is InChI=1S/C22H21N5O2S/c1-15-20(16(2)27(25-15)19-7-5-4-6-8-19)9-10-21(28)29-13-18-14-30-22(24-18)17-11-23-26(3)12-17/h4-12,14H,13H2,1-3H3. The second-order valence-corrected chi connectivity index (χ2v) is 7.68. The monoisotopic (exact) mass is 419 g/mol. The van der Waals surface area contributed by atoms with Gasteiger partial charge in [-0.3, -0.25) is 4.68 Å². The van der Waals surface area contributed by atoms with Crippen LogP contribution in [0.2, 0.25) is 0 Å². The molecular weight excluding hydrogens is 398 g/mol. The van der Waals surface area contributed by atoms with E-state index in [1.165, 1.54) is 17.4 Å². The van der Waals surface area contributed by atoms with E-state index in [9.17, 15) is 4.79 Å². The summed E-state index contributed by atoms with van der Waals surface area (Å²) in [6.07, 6.45) is 6.84. The lowest BCUT2D eigenvalue weighted by atomic mass is 10.2. The van der Waals surface area contributed by atoms with E-state index in [4.69, 9.17) is 4.74 Å². The van der Waals surface area contributed by atoms with Crippen LogP contribution in [0, 0.1) is 13.8 Å². The topological polar surface area (TPSA) is 74.8 Å². The average molecular weight is 420 g/mol. The number of carbonyl (C=O) groups is 1. The summed E-state index contributed by atoms with van der Waals surface area (Å²) < 4.78 is 8.94. The van der Waals surface area contributed by atoms with Crippen LogP contribution in [0.5, 0.6) is 0 Å². The summed E-state index contributed by atoms with van der Waals surface area (Å²) in [5.74, 6) is -0.419. The van der Waals surface area contributed by atoms with Crippen LogP contribution in [0.3, 0.4) is 0 Å². The third-order valence-corrected chi connectivity index (χ3v) is 5.54. The van der Waals surface area contributed by atoms with Gasteiger partial charge in [0.25, 0.3) is 0 Å². The Bertz CT molecular complexity index is 1200. The minimum atomic E-state index is -0.419. The lowest BCUT2D eigenvalue weighted by molar-refractivity contribution is -0.139. The molecule has 30 heavy (non-hydrogen) atoms. The van der Waals surface area contributed by atoms with Crippen LogP contribution in [0.1, 0.15) is 22.6 Å². The van der Waals surface area contributed by atoms with E-state index in [2.05, 4.69) is 15.2 Å². The summed E-state index contributed by atoms with van der Waals surface area (Å²) in [5, 5.41) is 11.5. The molecule has 0 atom stereocenters. The fourth-order valence-electron chi connectivity index (χ4n) is 3.10. The minimum absolute atomic E-state index is 0.126. The van der Waals surface area contributed by atoms with Crippen LogP contribution in [0.15, 0.2) is 54.2 Å². The maximum absolute atomic E-state index is 12.2. The van der Waals surface area contributed by atoms with Gasteiger partial charge in [0.1, 0.15) is 11.6 Å². The third kappa shape index (κ3) is 4.23. The van der Waals surface area contributed by atoms with E-state index in [-0.39, 0.29) is 6.61 Å². The van der Waals surface area contributed by atoms with Gasteiger partial charge in [0.15, 0.2) is 0 Å². The largest absolute Gasteiger partial charge is 0.456 e. The molecule has 7 nitrogen and oxygen atoms in total. The number of hydrogen-bond acceptors (Lipinski definition) is 6. The van der Waals surface area contributed by atoms with Crippen LogP contribution >= 0.6 is 11.3 Å². The van der Waals surface area contributed by atoms with Gasteiger partial charge in [-0.2, -0.15) is 10.2 Å². The Morgan fingerprint density at radius 2 is 2.03 bits per heavy atom. The zero-order valence-electron chi connectivity index (χ0n) is 16.9. The van der Waals surface area contributed by atoms with Crippen molar-refractivity contribution in [1.82, 2.24) is 24.5 Å². The quantitative estimate of drug-likeness (QED) is 0.347. The number of aryl methyl sites for hydroxylation is 2. The summed E-state index contributed by atoms with van der Waals surface area (Å²) in [5.41, 5.74) is 5.35. The molecule has 0 N–H and O–H groups in total. The maximum Gasteiger partial charge on any atom is 0.331 e. The zero-order valence-corrected chi connectivity index (χ0v) is 17.8. The SMILES string of the molecule is Cc1nn(-c2ccccc2)c(C)c1C=CC(=O)OCc1csc(-c2cnn(C)c2)n1. The lowest BCUT2D eigenvalue weighted by Crippen LogP contribution is -2.01. The molecule has 8 heteroatoms. The summed E-state index contributed by atoms with van der Waals surface area (Å²) >= 11 is 1.50. The Morgan fingerprint density at radius 1 is 1.23 bits per heavy atom. The molecule has 0 aliphatic heterocycles. The molecular formula is C22H21N5O2S. The summed E-state index contributed by atoms with van der Waals surface area (Å²) in [4.78, 5) is 16.7. The molecule has 3 aromatic heterocycles. The van der Waals surface area contributed by atoms with E-state index in [1.807, 2.05) is 67.5 Å². The number of carbonyl (C=O) groups excluding carboxylic acids is 1. The lowest BCUT2D eigenvalue weighted by Gasteiger charge is -2.03. The summed E-state index contributed by atoms with van der Waals surface area (Å²) in [6, 6.07) is 9.89. The molecule has 0 unspecified atom stereocenters. The first kappa shape index (κ1) is 19.8. The second-order valence-electron chi connectivity index (χ2n) is 6.82. The normalized spacial score (nSPS) is 11.3. The Hall–Kier alpha value is -3.52. The van der Waals surface area contributed by atoms with Crippen LogP contribution in [0.25, 0.3) is 22.3 Å². The van der Waals surface area contributed by atoms with E-state index in [0.717, 1.165) is 33.2 Å². The molecule has 0 radical (unpaired) electrons. The van der Waals surface area contributed by atoms with Crippen molar-refractivity contribution in [3.8, 4) is 16.3 Å². The Morgan fingerprint density at radius 3 is 2.77 bits per heavy atom.